The molecule has 0 radical (unpaired) electrons. The first-order valence-electron chi connectivity index (χ1n) is 7.75. The van der Waals surface area contributed by atoms with Gasteiger partial charge in [-0.25, -0.2) is 9.78 Å². The van der Waals surface area contributed by atoms with Crippen molar-refractivity contribution in [2.24, 2.45) is 5.10 Å². The molecule has 1 aromatic heterocycles. The van der Waals surface area contributed by atoms with Gasteiger partial charge in [-0.2, -0.15) is 5.10 Å². The number of hydrogen-bond donors (Lipinski definition) is 1. The van der Waals surface area contributed by atoms with Crippen LogP contribution >= 0.6 is 11.3 Å². The number of aryl methyl sites for hydroxylation is 1. The molecule has 0 fully saturated rings. The van der Waals surface area contributed by atoms with E-state index < -0.39 is 10.9 Å². The minimum atomic E-state index is -0.568. The van der Waals surface area contributed by atoms with E-state index in [9.17, 15) is 14.9 Å². The predicted octanol–water partition coefficient (Wildman–Crippen LogP) is 3.00. The standard InChI is InChI=1S/C16H18N4O6S/c1-5-26-15(21)14-9(2)18-16(27-14)19-17-8-10-6-11(20(22)23)13(25-4)12(7-10)24-3/h6-8H,5H2,1-4H3,(H,18,19)/b17-8-. The maximum absolute atomic E-state index is 11.8. The minimum Gasteiger partial charge on any atom is -0.493 e. The Labute approximate surface area is 158 Å². The molecule has 1 aromatic carbocycles. The van der Waals surface area contributed by atoms with Crippen LogP contribution in [-0.2, 0) is 4.74 Å². The molecule has 11 heteroatoms. The number of aromatic nitrogens is 1. The summed E-state index contributed by atoms with van der Waals surface area (Å²) in [6.45, 7) is 3.69. The van der Waals surface area contributed by atoms with E-state index in [2.05, 4.69) is 15.5 Å². The highest BCUT2D eigenvalue weighted by molar-refractivity contribution is 7.17. The molecule has 0 saturated heterocycles. The van der Waals surface area contributed by atoms with Gasteiger partial charge in [-0.15, -0.1) is 0 Å². The molecule has 2 rings (SSSR count). The lowest BCUT2D eigenvalue weighted by atomic mass is 10.2. The number of nitro groups is 1. The summed E-state index contributed by atoms with van der Waals surface area (Å²) in [5.41, 5.74) is 3.40. The van der Waals surface area contributed by atoms with Crippen LogP contribution in [0.15, 0.2) is 17.2 Å². The smallest absolute Gasteiger partial charge is 0.350 e. The maximum Gasteiger partial charge on any atom is 0.350 e. The van der Waals surface area contributed by atoms with Crippen molar-refractivity contribution >= 4 is 34.3 Å². The van der Waals surface area contributed by atoms with Gasteiger partial charge in [0.25, 0.3) is 0 Å². The van der Waals surface area contributed by atoms with E-state index in [0.29, 0.717) is 21.3 Å². The Morgan fingerprint density at radius 3 is 2.74 bits per heavy atom. The molecule has 1 heterocycles. The molecule has 10 nitrogen and oxygen atoms in total. The molecule has 0 saturated carbocycles. The normalized spacial score (nSPS) is 10.7. The molecule has 27 heavy (non-hydrogen) atoms. The molecule has 0 spiro atoms. The summed E-state index contributed by atoms with van der Waals surface area (Å²) >= 11 is 1.10. The highest BCUT2D eigenvalue weighted by atomic mass is 32.1. The summed E-state index contributed by atoms with van der Waals surface area (Å²) in [4.78, 5) is 27.0. The molecule has 1 N–H and O–H groups in total. The summed E-state index contributed by atoms with van der Waals surface area (Å²) < 4.78 is 15.1. The van der Waals surface area contributed by atoms with E-state index in [1.54, 1.807) is 19.9 Å². The number of thiazole rings is 1. The van der Waals surface area contributed by atoms with Crippen molar-refractivity contribution in [1.82, 2.24) is 4.98 Å². The topological polar surface area (TPSA) is 125 Å². The SMILES string of the molecule is CCOC(=O)c1sc(N/N=C\c2cc(OC)c(OC)c([N+](=O)[O-])c2)nc1C. The number of rotatable bonds is 8. The van der Waals surface area contributed by atoms with Gasteiger partial charge in [0.1, 0.15) is 4.88 Å². The third kappa shape index (κ3) is 4.70. The zero-order chi connectivity index (χ0) is 20.0. The molecule has 0 amide bonds. The third-order valence-electron chi connectivity index (χ3n) is 3.31. The molecule has 0 atom stereocenters. The van der Waals surface area contributed by atoms with Crippen LogP contribution in [0.5, 0.6) is 11.5 Å². The number of benzene rings is 1. The second-order valence-corrected chi connectivity index (χ2v) is 6.06. The van der Waals surface area contributed by atoms with Gasteiger partial charge in [0.2, 0.25) is 10.9 Å². The van der Waals surface area contributed by atoms with Crippen molar-refractivity contribution < 1.29 is 23.9 Å². The number of nitrogens with zero attached hydrogens (tertiary/aromatic N) is 3. The van der Waals surface area contributed by atoms with E-state index in [0.717, 1.165) is 11.3 Å². The zero-order valence-corrected chi connectivity index (χ0v) is 16.0. The average Bonchev–Trinajstić information content (AvgIpc) is 3.01. The molecule has 0 aliphatic rings. The molecule has 2 aromatic rings. The summed E-state index contributed by atoms with van der Waals surface area (Å²) in [7, 11) is 2.71. The number of hydrazone groups is 1. The number of nitrogens with one attached hydrogen (secondary N) is 1. The van der Waals surface area contributed by atoms with E-state index in [1.807, 2.05) is 0 Å². The Kier molecular flexibility index (Phi) is 6.66. The van der Waals surface area contributed by atoms with Gasteiger partial charge in [0.05, 0.1) is 37.7 Å². The fourth-order valence-electron chi connectivity index (χ4n) is 2.17. The van der Waals surface area contributed by atoms with Gasteiger partial charge < -0.3 is 14.2 Å². The fraction of sp³-hybridized carbons (Fsp3) is 0.312. The predicted molar refractivity (Wildman–Crippen MR) is 100 cm³/mol. The highest BCUT2D eigenvalue weighted by Gasteiger charge is 2.21. The number of esters is 1. The quantitative estimate of drug-likeness (QED) is 0.313. The largest absolute Gasteiger partial charge is 0.493 e. The van der Waals surface area contributed by atoms with Crippen LogP contribution in [-0.4, -0.2) is 42.9 Å². The Morgan fingerprint density at radius 1 is 1.41 bits per heavy atom. The number of carbonyl (C=O) groups excluding carboxylic acids is 1. The van der Waals surface area contributed by atoms with Crippen molar-refractivity contribution in [3.05, 3.63) is 38.4 Å². The Morgan fingerprint density at radius 2 is 2.15 bits per heavy atom. The van der Waals surface area contributed by atoms with E-state index in [-0.39, 0.29) is 23.8 Å². The lowest BCUT2D eigenvalue weighted by molar-refractivity contribution is -0.385. The highest BCUT2D eigenvalue weighted by Crippen LogP contribution is 2.37. The number of hydrogen-bond acceptors (Lipinski definition) is 10. The van der Waals surface area contributed by atoms with Gasteiger partial charge in [0.15, 0.2) is 5.75 Å². The van der Waals surface area contributed by atoms with Crippen LogP contribution in [0.2, 0.25) is 0 Å². The van der Waals surface area contributed by atoms with Crippen LogP contribution in [0.4, 0.5) is 10.8 Å². The minimum absolute atomic E-state index is 0.0298. The Balaban J connectivity index is 2.21. The van der Waals surface area contributed by atoms with Gasteiger partial charge in [-0.05, 0) is 19.9 Å². The van der Waals surface area contributed by atoms with Gasteiger partial charge in [-0.1, -0.05) is 11.3 Å². The van der Waals surface area contributed by atoms with E-state index >= 15 is 0 Å². The van der Waals surface area contributed by atoms with Crippen LogP contribution in [0.25, 0.3) is 0 Å². The molecular weight excluding hydrogens is 376 g/mol. The van der Waals surface area contributed by atoms with Crippen LogP contribution in [0.1, 0.15) is 27.9 Å². The summed E-state index contributed by atoms with van der Waals surface area (Å²) in [5, 5.41) is 15.6. The average molecular weight is 394 g/mol. The number of ether oxygens (including phenoxy) is 3. The summed E-state index contributed by atoms with van der Waals surface area (Å²) in [5.74, 6) is -0.204. The van der Waals surface area contributed by atoms with Crippen molar-refractivity contribution in [2.75, 3.05) is 26.3 Å². The summed E-state index contributed by atoms with van der Waals surface area (Å²) in [6.07, 6.45) is 1.37. The Hall–Kier alpha value is -3.21. The molecule has 0 aliphatic carbocycles. The fourth-order valence-corrected chi connectivity index (χ4v) is 2.98. The van der Waals surface area contributed by atoms with Crippen molar-refractivity contribution in [1.29, 1.82) is 0 Å². The first kappa shape index (κ1) is 20.1. The molecule has 0 unspecified atom stereocenters. The molecule has 144 valence electrons. The monoisotopic (exact) mass is 394 g/mol. The van der Waals surface area contributed by atoms with E-state index in [1.165, 1.54) is 26.5 Å². The third-order valence-corrected chi connectivity index (χ3v) is 4.35. The van der Waals surface area contributed by atoms with Crippen molar-refractivity contribution in [3.8, 4) is 11.5 Å². The first-order valence-corrected chi connectivity index (χ1v) is 8.56. The lowest BCUT2D eigenvalue weighted by Gasteiger charge is -2.08. The van der Waals surface area contributed by atoms with Crippen LogP contribution in [0.3, 0.4) is 0 Å². The van der Waals surface area contributed by atoms with Crippen molar-refractivity contribution in [3.63, 3.8) is 0 Å². The number of carbonyl (C=O) groups is 1. The summed E-state index contributed by atoms with van der Waals surface area (Å²) in [6, 6.07) is 2.86. The molecule has 0 aliphatic heterocycles. The van der Waals surface area contributed by atoms with Gasteiger partial charge >= 0.3 is 11.7 Å². The van der Waals surface area contributed by atoms with Crippen molar-refractivity contribution in [2.45, 2.75) is 13.8 Å². The van der Waals surface area contributed by atoms with Gasteiger partial charge in [0, 0.05) is 11.6 Å². The van der Waals surface area contributed by atoms with Crippen LogP contribution in [0, 0.1) is 17.0 Å². The zero-order valence-electron chi connectivity index (χ0n) is 15.1. The number of methoxy groups -OCH3 is 2. The Bertz CT molecular complexity index is 880. The second-order valence-electron chi connectivity index (χ2n) is 5.06. The lowest BCUT2D eigenvalue weighted by Crippen LogP contribution is -2.03. The van der Waals surface area contributed by atoms with Crippen LogP contribution < -0.4 is 14.9 Å². The number of anilines is 1. The van der Waals surface area contributed by atoms with Gasteiger partial charge in [-0.3, -0.25) is 15.5 Å². The molecule has 0 bridgehead atoms. The first-order chi connectivity index (χ1) is 12.9. The van der Waals surface area contributed by atoms with E-state index in [4.69, 9.17) is 14.2 Å². The number of nitro benzene ring substituents is 1. The second kappa shape index (κ2) is 8.94. The molecular formula is C16H18N4O6S. The maximum atomic E-state index is 11.8.